The average molecular weight is 298 g/mol. The quantitative estimate of drug-likeness (QED) is 0.946. The Kier molecular flexibility index (Phi) is 3.63. The zero-order valence-electron chi connectivity index (χ0n) is 11.8. The van der Waals surface area contributed by atoms with Gasteiger partial charge in [-0.15, -0.1) is 0 Å². The first kappa shape index (κ1) is 14.3. The summed E-state index contributed by atoms with van der Waals surface area (Å²) in [5.41, 5.74) is 6.42. The first-order chi connectivity index (χ1) is 10.6. The van der Waals surface area contributed by atoms with Crippen molar-refractivity contribution in [2.75, 3.05) is 6.54 Å². The van der Waals surface area contributed by atoms with Crippen LogP contribution in [0.3, 0.4) is 0 Å². The molecule has 5 heteroatoms. The molecule has 4 nitrogen and oxygen atoms in total. The molecule has 0 aromatic heterocycles. The minimum atomic E-state index is -0.580. The van der Waals surface area contributed by atoms with Gasteiger partial charge in [-0.2, -0.15) is 0 Å². The number of carbonyl (C=O) groups is 2. The number of halogens is 1. The van der Waals surface area contributed by atoms with Crippen molar-refractivity contribution in [2.24, 2.45) is 5.73 Å². The Balaban J connectivity index is 1.85. The van der Waals surface area contributed by atoms with Crippen LogP contribution in [0.25, 0.3) is 0 Å². The number of carbonyl (C=O) groups excluding carboxylic acids is 2. The van der Waals surface area contributed by atoms with Gasteiger partial charge in [-0.05, 0) is 30.7 Å². The van der Waals surface area contributed by atoms with E-state index >= 15 is 0 Å². The molecule has 1 saturated heterocycles. The molecule has 22 heavy (non-hydrogen) atoms. The van der Waals surface area contributed by atoms with Crippen LogP contribution in [0.15, 0.2) is 48.5 Å². The second-order valence-corrected chi connectivity index (χ2v) is 5.27. The summed E-state index contributed by atoms with van der Waals surface area (Å²) in [4.78, 5) is 25.4. The maximum Gasteiger partial charge on any atom is 0.254 e. The average Bonchev–Trinajstić information content (AvgIpc) is 2.48. The summed E-state index contributed by atoms with van der Waals surface area (Å²) >= 11 is 0. The van der Waals surface area contributed by atoms with Gasteiger partial charge in [0.2, 0.25) is 5.91 Å². The maximum atomic E-state index is 13.9. The third-order valence-electron chi connectivity index (χ3n) is 3.94. The van der Waals surface area contributed by atoms with E-state index in [4.69, 9.17) is 5.73 Å². The summed E-state index contributed by atoms with van der Waals surface area (Å²) in [6.07, 6.45) is 0.724. The minimum Gasteiger partial charge on any atom is -0.366 e. The molecule has 0 saturated carbocycles. The number of hydrogen-bond donors (Lipinski definition) is 1. The second kappa shape index (κ2) is 5.60. The normalized spacial score (nSPS) is 17.0. The molecule has 1 aliphatic heterocycles. The molecule has 0 aliphatic carbocycles. The van der Waals surface area contributed by atoms with Crippen molar-refractivity contribution in [1.29, 1.82) is 0 Å². The minimum absolute atomic E-state index is 0.220. The molecule has 112 valence electrons. The van der Waals surface area contributed by atoms with Crippen molar-refractivity contribution in [3.05, 3.63) is 71.0 Å². The fourth-order valence-electron chi connectivity index (χ4n) is 2.67. The highest BCUT2D eigenvalue weighted by Crippen LogP contribution is 2.35. The molecule has 1 fully saturated rings. The van der Waals surface area contributed by atoms with E-state index in [1.54, 1.807) is 41.3 Å². The van der Waals surface area contributed by atoms with E-state index in [-0.39, 0.29) is 23.3 Å². The maximum absolute atomic E-state index is 13.9. The Morgan fingerprint density at radius 1 is 1.09 bits per heavy atom. The van der Waals surface area contributed by atoms with Crippen LogP contribution in [0.5, 0.6) is 0 Å². The van der Waals surface area contributed by atoms with Gasteiger partial charge in [0, 0.05) is 23.2 Å². The first-order valence-corrected chi connectivity index (χ1v) is 7.03. The van der Waals surface area contributed by atoms with Crippen LogP contribution in [0, 0.1) is 5.82 Å². The number of benzene rings is 2. The van der Waals surface area contributed by atoms with Gasteiger partial charge in [-0.1, -0.05) is 24.3 Å². The standard InChI is InChI=1S/C17H15FN2O2/c18-14-7-2-1-6-13(14)15-8-9-20(15)17(22)12-5-3-4-11(10-12)16(19)21/h1-7,10,15H,8-9H2,(H2,19,21). The zero-order chi connectivity index (χ0) is 15.7. The molecule has 2 aromatic rings. The molecule has 0 bridgehead atoms. The molecule has 2 aromatic carbocycles. The highest BCUT2D eigenvalue weighted by atomic mass is 19.1. The summed E-state index contributed by atoms with van der Waals surface area (Å²) in [5, 5.41) is 0. The highest BCUT2D eigenvalue weighted by molar-refractivity contribution is 5.99. The molecule has 0 spiro atoms. The van der Waals surface area contributed by atoms with E-state index in [0.29, 0.717) is 17.7 Å². The lowest BCUT2D eigenvalue weighted by Crippen LogP contribution is -2.45. The highest BCUT2D eigenvalue weighted by Gasteiger charge is 2.35. The van der Waals surface area contributed by atoms with Gasteiger partial charge in [0.25, 0.3) is 5.91 Å². The first-order valence-electron chi connectivity index (χ1n) is 7.03. The van der Waals surface area contributed by atoms with Crippen molar-refractivity contribution in [1.82, 2.24) is 4.90 Å². The summed E-state index contributed by atoms with van der Waals surface area (Å²) in [7, 11) is 0. The zero-order valence-corrected chi connectivity index (χ0v) is 11.8. The van der Waals surface area contributed by atoms with Gasteiger partial charge in [0.1, 0.15) is 5.82 Å². The van der Waals surface area contributed by atoms with Gasteiger partial charge in [-0.3, -0.25) is 9.59 Å². The van der Waals surface area contributed by atoms with E-state index in [2.05, 4.69) is 0 Å². The number of primary amides is 1. The number of amides is 2. The second-order valence-electron chi connectivity index (χ2n) is 5.27. The van der Waals surface area contributed by atoms with Gasteiger partial charge >= 0.3 is 0 Å². The van der Waals surface area contributed by atoms with E-state index in [9.17, 15) is 14.0 Å². The molecule has 3 rings (SSSR count). The van der Waals surface area contributed by atoms with Crippen molar-refractivity contribution in [3.63, 3.8) is 0 Å². The van der Waals surface area contributed by atoms with Crippen LogP contribution in [0.4, 0.5) is 4.39 Å². The van der Waals surface area contributed by atoms with Gasteiger partial charge in [0.05, 0.1) is 6.04 Å². The summed E-state index contributed by atoms with van der Waals surface area (Å²) in [6.45, 7) is 0.568. The van der Waals surface area contributed by atoms with Crippen molar-refractivity contribution in [3.8, 4) is 0 Å². The van der Waals surface area contributed by atoms with E-state index in [1.165, 1.54) is 12.1 Å². The van der Waals surface area contributed by atoms with Crippen molar-refractivity contribution in [2.45, 2.75) is 12.5 Å². The number of nitrogens with zero attached hydrogens (tertiary/aromatic N) is 1. The van der Waals surface area contributed by atoms with E-state index in [1.807, 2.05) is 0 Å². The predicted molar refractivity (Wildman–Crippen MR) is 79.8 cm³/mol. The molecule has 1 unspecified atom stereocenters. The largest absolute Gasteiger partial charge is 0.366 e. The van der Waals surface area contributed by atoms with E-state index < -0.39 is 5.91 Å². The van der Waals surface area contributed by atoms with Crippen LogP contribution in [0.1, 0.15) is 38.7 Å². The molecule has 2 amide bonds. The molecule has 2 N–H and O–H groups in total. The van der Waals surface area contributed by atoms with Crippen LogP contribution in [0.2, 0.25) is 0 Å². The van der Waals surface area contributed by atoms with Crippen LogP contribution in [-0.2, 0) is 0 Å². The van der Waals surface area contributed by atoms with Gasteiger partial charge in [-0.25, -0.2) is 4.39 Å². The van der Waals surface area contributed by atoms with Crippen molar-refractivity contribution < 1.29 is 14.0 Å². The number of nitrogens with two attached hydrogens (primary N) is 1. The lowest BCUT2D eigenvalue weighted by molar-refractivity contribution is 0.0453. The molecular formula is C17H15FN2O2. The van der Waals surface area contributed by atoms with E-state index in [0.717, 1.165) is 6.42 Å². The number of likely N-dealkylation sites (tertiary alicyclic amines) is 1. The fourth-order valence-corrected chi connectivity index (χ4v) is 2.67. The Hall–Kier alpha value is -2.69. The SMILES string of the molecule is NC(=O)c1cccc(C(=O)N2CCC2c2ccccc2F)c1. The van der Waals surface area contributed by atoms with Crippen LogP contribution in [-0.4, -0.2) is 23.3 Å². The number of rotatable bonds is 3. The smallest absolute Gasteiger partial charge is 0.254 e. The van der Waals surface area contributed by atoms with Gasteiger partial charge in [0.15, 0.2) is 0 Å². The molecule has 1 heterocycles. The van der Waals surface area contributed by atoms with Crippen LogP contribution < -0.4 is 5.73 Å². The lowest BCUT2D eigenvalue weighted by Gasteiger charge is -2.41. The summed E-state index contributed by atoms with van der Waals surface area (Å²) in [6, 6.07) is 12.5. The topological polar surface area (TPSA) is 63.4 Å². The third kappa shape index (κ3) is 2.45. The number of hydrogen-bond acceptors (Lipinski definition) is 2. The fraction of sp³-hybridized carbons (Fsp3) is 0.176. The Bertz CT molecular complexity index is 745. The monoisotopic (exact) mass is 298 g/mol. The van der Waals surface area contributed by atoms with Crippen LogP contribution >= 0.6 is 0 Å². The molecule has 1 aliphatic rings. The Morgan fingerprint density at radius 3 is 2.45 bits per heavy atom. The molecular weight excluding hydrogens is 283 g/mol. The van der Waals surface area contributed by atoms with Crippen molar-refractivity contribution >= 4 is 11.8 Å². The predicted octanol–water partition coefficient (Wildman–Crippen LogP) is 2.51. The Morgan fingerprint density at radius 2 is 1.82 bits per heavy atom. The third-order valence-corrected chi connectivity index (χ3v) is 3.94. The molecule has 1 atom stereocenters. The summed E-state index contributed by atoms with van der Waals surface area (Å²) < 4.78 is 13.9. The molecule has 0 radical (unpaired) electrons. The summed E-state index contributed by atoms with van der Waals surface area (Å²) in [5.74, 6) is -1.11. The lowest BCUT2D eigenvalue weighted by atomic mass is 9.93. The Labute approximate surface area is 127 Å². The van der Waals surface area contributed by atoms with Gasteiger partial charge < -0.3 is 10.6 Å².